The summed E-state index contributed by atoms with van der Waals surface area (Å²) in [6.07, 6.45) is 1.08. The van der Waals surface area contributed by atoms with Crippen molar-refractivity contribution >= 4 is 29.7 Å². The van der Waals surface area contributed by atoms with Gasteiger partial charge in [0, 0.05) is 19.3 Å². The van der Waals surface area contributed by atoms with Crippen LogP contribution < -0.4 is 0 Å². The molecule has 0 aromatic carbocycles. The molecule has 0 spiro atoms. The highest BCUT2D eigenvalue weighted by Crippen LogP contribution is 2.12. The van der Waals surface area contributed by atoms with Crippen LogP contribution >= 0.6 is 0 Å². The minimum Gasteiger partial charge on any atom is -0.377 e. The number of hydroxylamine groups is 4. The fourth-order valence-electron chi connectivity index (χ4n) is 2.30. The van der Waals surface area contributed by atoms with Crippen LogP contribution in [0.3, 0.4) is 0 Å². The number of carbonyl (C=O) groups is 5. The molecule has 2 saturated heterocycles. The Hall–Kier alpha value is -2.57. The van der Waals surface area contributed by atoms with E-state index in [1.54, 1.807) is 0 Å². The van der Waals surface area contributed by atoms with E-state index in [-0.39, 0.29) is 51.8 Å². The Kier molecular flexibility index (Phi) is 8.78. The summed E-state index contributed by atoms with van der Waals surface area (Å²) in [7, 11) is 0. The van der Waals surface area contributed by atoms with Crippen LogP contribution in [0.1, 0.15) is 25.7 Å². The molecule has 2 fully saturated rings. The van der Waals surface area contributed by atoms with Gasteiger partial charge in [0.2, 0.25) is 0 Å². The van der Waals surface area contributed by atoms with E-state index in [2.05, 4.69) is 4.84 Å². The molecule has 0 unspecified atom stereocenters. The van der Waals surface area contributed by atoms with E-state index >= 15 is 0 Å². The van der Waals surface area contributed by atoms with E-state index in [0.717, 1.165) is 5.06 Å². The first-order valence-corrected chi connectivity index (χ1v) is 8.78. The Labute approximate surface area is 160 Å². The van der Waals surface area contributed by atoms with Gasteiger partial charge in [0.15, 0.2) is 0 Å². The number of amides is 3. The molecule has 0 aliphatic carbocycles. The summed E-state index contributed by atoms with van der Waals surface area (Å²) in [5, 5.41) is 1.48. The molecule has 0 radical (unpaired) electrons. The number of hydrogen-bond donors (Lipinski definition) is 0. The van der Waals surface area contributed by atoms with Crippen LogP contribution in [-0.2, 0) is 47.9 Å². The number of hydrogen-bond acceptors (Lipinski definition) is 10. The van der Waals surface area contributed by atoms with Crippen molar-refractivity contribution in [1.29, 1.82) is 0 Å². The van der Waals surface area contributed by atoms with Crippen molar-refractivity contribution in [2.24, 2.45) is 0 Å². The Balaban J connectivity index is 1.40. The lowest BCUT2D eigenvalue weighted by atomic mass is 10.4. The molecule has 28 heavy (non-hydrogen) atoms. The molecule has 12 heteroatoms. The van der Waals surface area contributed by atoms with Gasteiger partial charge in [-0.2, -0.15) is 5.06 Å². The summed E-state index contributed by atoms with van der Waals surface area (Å²) in [5.41, 5.74) is 0. The lowest BCUT2D eigenvalue weighted by Gasteiger charge is -2.14. The number of carbonyl (C=O) groups excluding carboxylic acids is 5. The third-order valence-corrected chi connectivity index (χ3v) is 3.62. The van der Waals surface area contributed by atoms with Gasteiger partial charge in [0.1, 0.15) is 13.2 Å². The van der Waals surface area contributed by atoms with Crippen LogP contribution in [0.2, 0.25) is 0 Å². The average molecular weight is 402 g/mol. The predicted molar refractivity (Wildman–Crippen MR) is 86.7 cm³/mol. The smallest absolute Gasteiger partial charge is 0.358 e. The first kappa shape index (κ1) is 21.7. The Morgan fingerprint density at radius 3 is 1.79 bits per heavy atom. The van der Waals surface area contributed by atoms with E-state index in [1.165, 1.54) is 0 Å². The van der Waals surface area contributed by atoms with Gasteiger partial charge in [-0.1, -0.05) is 0 Å². The third-order valence-electron chi connectivity index (χ3n) is 3.62. The fourth-order valence-corrected chi connectivity index (χ4v) is 2.30. The van der Waals surface area contributed by atoms with Crippen molar-refractivity contribution in [1.82, 2.24) is 10.1 Å². The number of rotatable bonds is 12. The minimum atomic E-state index is -0.859. The van der Waals surface area contributed by atoms with Gasteiger partial charge < -0.3 is 23.9 Å². The van der Waals surface area contributed by atoms with Crippen molar-refractivity contribution in [2.75, 3.05) is 46.2 Å². The van der Waals surface area contributed by atoms with E-state index in [1.807, 2.05) is 0 Å². The Bertz CT molecular complexity index is 592. The molecule has 3 amide bonds. The summed E-state index contributed by atoms with van der Waals surface area (Å²) in [5.74, 6) is -2.86. The molecule has 0 bridgehead atoms. The quantitative estimate of drug-likeness (QED) is 0.287. The maximum absolute atomic E-state index is 11.5. The number of nitrogens with zero attached hydrogens (tertiary/aromatic N) is 2. The van der Waals surface area contributed by atoms with Gasteiger partial charge in [0.05, 0.1) is 33.0 Å². The van der Waals surface area contributed by atoms with Gasteiger partial charge >= 0.3 is 11.9 Å². The lowest BCUT2D eigenvalue weighted by molar-refractivity contribution is -0.200. The summed E-state index contributed by atoms with van der Waals surface area (Å²) in [4.78, 5) is 66.2. The molecule has 0 aromatic rings. The maximum atomic E-state index is 11.5. The van der Waals surface area contributed by atoms with Gasteiger partial charge in [-0.3, -0.25) is 14.4 Å². The molecule has 0 N–H and O–H groups in total. The topological polar surface area (TPSA) is 138 Å². The molecule has 156 valence electrons. The van der Waals surface area contributed by atoms with Crippen LogP contribution in [0.5, 0.6) is 0 Å². The van der Waals surface area contributed by atoms with Crippen molar-refractivity contribution in [3.63, 3.8) is 0 Å². The molecule has 0 saturated carbocycles. The second kappa shape index (κ2) is 11.3. The largest absolute Gasteiger partial charge is 0.377 e. The number of ether oxygens (including phenoxy) is 3. The van der Waals surface area contributed by atoms with E-state index < -0.39 is 30.4 Å². The molecule has 2 rings (SSSR count). The average Bonchev–Trinajstić information content (AvgIpc) is 3.20. The summed E-state index contributed by atoms with van der Waals surface area (Å²) >= 11 is 0. The molecule has 2 aliphatic rings. The summed E-state index contributed by atoms with van der Waals surface area (Å²) < 4.78 is 15.2. The minimum absolute atomic E-state index is 0.0248. The Morgan fingerprint density at radius 1 is 0.714 bits per heavy atom. The maximum Gasteiger partial charge on any atom is 0.358 e. The van der Waals surface area contributed by atoms with Crippen LogP contribution in [0.4, 0.5) is 0 Å². The van der Waals surface area contributed by atoms with Crippen LogP contribution in [0, 0.1) is 0 Å². The molecule has 2 heterocycles. The van der Waals surface area contributed by atoms with Crippen LogP contribution in [0.25, 0.3) is 0 Å². The van der Waals surface area contributed by atoms with Crippen LogP contribution in [0.15, 0.2) is 0 Å². The Morgan fingerprint density at radius 2 is 1.25 bits per heavy atom. The molecule has 2 aliphatic heterocycles. The van der Waals surface area contributed by atoms with Crippen molar-refractivity contribution < 1.29 is 47.9 Å². The highest BCUT2D eigenvalue weighted by Gasteiger charge is 2.32. The number of imide groups is 1. The monoisotopic (exact) mass is 402 g/mol. The normalized spacial score (nSPS) is 16.8. The predicted octanol–water partition coefficient (Wildman–Crippen LogP) is -1.28. The molecule has 12 nitrogen and oxygen atoms in total. The van der Waals surface area contributed by atoms with Crippen LogP contribution in [-0.4, -0.2) is 86.0 Å². The fraction of sp³-hybridized carbons (Fsp3) is 0.688. The van der Waals surface area contributed by atoms with Crippen molar-refractivity contribution in [3.8, 4) is 0 Å². The third kappa shape index (κ3) is 7.21. The van der Waals surface area contributed by atoms with Gasteiger partial charge in [-0.15, -0.1) is 5.06 Å². The van der Waals surface area contributed by atoms with E-state index in [0.29, 0.717) is 24.4 Å². The lowest BCUT2D eigenvalue weighted by Crippen LogP contribution is -2.33. The second-order valence-corrected chi connectivity index (χ2v) is 5.83. The highest BCUT2D eigenvalue weighted by atomic mass is 16.7. The summed E-state index contributed by atoms with van der Waals surface area (Å²) in [6.45, 7) is 0.207. The highest BCUT2D eigenvalue weighted by molar-refractivity contribution is 6.01. The standard InChI is InChI=1S/C16H22N2O10/c19-12-2-1-5-17(12)27-15(22)10-25-8-6-24-7-9-26-11-16(23)28-18-13(20)3-4-14(18)21/h1-11H2. The first-order chi connectivity index (χ1) is 13.5. The molecule has 0 atom stereocenters. The van der Waals surface area contributed by atoms with Crippen molar-refractivity contribution in [2.45, 2.75) is 25.7 Å². The van der Waals surface area contributed by atoms with Gasteiger partial charge in [0.25, 0.3) is 17.7 Å². The first-order valence-electron chi connectivity index (χ1n) is 8.78. The zero-order valence-corrected chi connectivity index (χ0v) is 15.3. The zero-order valence-electron chi connectivity index (χ0n) is 15.3. The SMILES string of the molecule is O=C(COCCOCCOCC(=O)ON1C(=O)CCC1=O)ON1CCCC1=O. The van der Waals surface area contributed by atoms with E-state index in [4.69, 9.17) is 19.0 Å². The van der Waals surface area contributed by atoms with Gasteiger partial charge in [-0.25, -0.2) is 9.59 Å². The molecular formula is C16H22N2O10. The van der Waals surface area contributed by atoms with Gasteiger partial charge in [-0.05, 0) is 6.42 Å². The summed E-state index contributed by atoms with van der Waals surface area (Å²) in [6, 6.07) is 0. The van der Waals surface area contributed by atoms with Crippen molar-refractivity contribution in [3.05, 3.63) is 0 Å². The molecule has 0 aromatic heterocycles. The molecular weight excluding hydrogens is 380 g/mol. The zero-order chi connectivity index (χ0) is 20.4. The van der Waals surface area contributed by atoms with E-state index in [9.17, 15) is 24.0 Å². The second-order valence-electron chi connectivity index (χ2n) is 5.83.